The van der Waals surface area contributed by atoms with Crippen LogP contribution in [-0.4, -0.2) is 26.4 Å². The van der Waals surface area contributed by atoms with Gasteiger partial charge in [-0.3, -0.25) is 0 Å². The molecule has 0 aliphatic rings. The fourth-order valence-electron chi connectivity index (χ4n) is 0.931. The molecule has 0 radical (unpaired) electrons. The Bertz CT molecular complexity index is 394. The van der Waals surface area contributed by atoms with Crippen LogP contribution in [0.25, 0.3) is 5.76 Å². The molecule has 14 heavy (non-hydrogen) atoms. The Balaban J connectivity index is 3.14. The maximum absolute atomic E-state index is 10.2. The molecule has 1 aromatic carbocycles. The van der Waals surface area contributed by atoms with Crippen molar-refractivity contribution in [1.29, 1.82) is 0 Å². The zero-order valence-electron chi connectivity index (χ0n) is 7.01. The number of aliphatic hydroxyl groups is 1. The molecule has 0 aromatic heterocycles. The maximum Gasteiger partial charge on any atom is 0.332 e. The first-order chi connectivity index (χ1) is 6.50. The van der Waals surface area contributed by atoms with E-state index < -0.39 is 11.7 Å². The molecule has 74 valence electrons. The van der Waals surface area contributed by atoms with Crippen LogP contribution in [0, 0.1) is 0 Å². The van der Waals surface area contributed by atoms with Crippen LogP contribution in [0.1, 0.15) is 5.56 Å². The first-order valence-electron chi connectivity index (χ1n) is 3.66. The molecule has 0 atom stereocenters. The molecular formula is C9H8O5. The highest BCUT2D eigenvalue weighted by molar-refractivity contribution is 5.88. The minimum absolute atomic E-state index is 0.0507. The highest BCUT2D eigenvalue weighted by atomic mass is 16.4. The molecule has 0 spiro atoms. The summed E-state index contributed by atoms with van der Waals surface area (Å²) in [5, 5.41) is 35.7. The summed E-state index contributed by atoms with van der Waals surface area (Å²) < 4.78 is 0. The molecule has 0 unspecified atom stereocenters. The van der Waals surface area contributed by atoms with Crippen LogP contribution in [0.3, 0.4) is 0 Å². The van der Waals surface area contributed by atoms with Crippen molar-refractivity contribution in [2.75, 3.05) is 0 Å². The predicted molar refractivity (Wildman–Crippen MR) is 48.0 cm³/mol. The van der Waals surface area contributed by atoms with Crippen LogP contribution in [0.15, 0.2) is 24.3 Å². The van der Waals surface area contributed by atoms with Crippen LogP contribution in [0.4, 0.5) is 0 Å². The van der Waals surface area contributed by atoms with E-state index in [1.807, 2.05) is 0 Å². The van der Waals surface area contributed by atoms with Crippen LogP contribution in [0.2, 0.25) is 0 Å². The van der Waals surface area contributed by atoms with Crippen molar-refractivity contribution < 1.29 is 25.2 Å². The van der Waals surface area contributed by atoms with Gasteiger partial charge in [-0.05, 0) is 12.1 Å². The zero-order valence-corrected chi connectivity index (χ0v) is 7.01. The van der Waals surface area contributed by atoms with Crippen LogP contribution < -0.4 is 0 Å². The quantitative estimate of drug-likeness (QED) is 0.419. The maximum atomic E-state index is 10.2. The first-order valence-corrected chi connectivity index (χ1v) is 3.66. The Morgan fingerprint density at radius 2 is 1.86 bits per heavy atom. The number of rotatable bonds is 2. The number of carbonyl (C=O) groups is 1. The number of carboxylic acids is 1. The van der Waals surface area contributed by atoms with E-state index in [2.05, 4.69) is 0 Å². The molecule has 0 saturated heterocycles. The van der Waals surface area contributed by atoms with Crippen LogP contribution in [-0.2, 0) is 4.79 Å². The van der Waals surface area contributed by atoms with Gasteiger partial charge >= 0.3 is 5.97 Å². The lowest BCUT2D eigenvalue weighted by atomic mass is 10.1. The third-order valence-corrected chi connectivity index (χ3v) is 1.52. The minimum Gasteiger partial charge on any atom is -0.508 e. The normalized spacial score (nSPS) is 11.3. The van der Waals surface area contributed by atoms with E-state index in [9.17, 15) is 15.0 Å². The Kier molecular flexibility index (Phi) is 2.62. The Labute approximate surface area is 79.2 Å². The Hall–Kier alpha value is -2.17. The number of phenols is 2. The van der Waals surface area contributed by atoms with E-state index in [1.54, 1.807) is 0 Å². The lowest BCUT2D eigenvalue weighted by Crippen LogP contribution is -1.92. The lowest BCUT2D eigenvalue weighted by molar-refractivity contribution is -0.131. The second kappa shape index (κ2) is 3.69. The standard InChI is InChI=1S/C9H8O5/c10-5-1-2-6(7(11)3-5)8(12)4-9(13)14/h1-4,10-12H,(H,13,14)/b8-4-. The van der Waals surface area contributed by atoms with Crippen molar-refractivity contribution in [3.05, 3.63) is 29.8 Å². The molecule has 0 aliphatic carbocycles. The average Bonchev–Trinajstić information content (AvgIpc) is 2.01. The number of phenolic OH excluding ortho intramolecular Hbond substituents is 2. The predicted octanol–water partition coefficient (Wildman–Crippen LogP) is 1.08. The fourth-order valence-corrected chi connectivity index (χ4v) is 0.931. The van der Waals surface area contributed by atoms with Gasteiger partial charge in [0.25, 0.3) is 0 Å². The van der Waals surface area contributed by atoms with Crippen molar-refractivity contribution in [2.24, 2.45) is 0 Å². The molecular weight excluding hydrogens is 188 g/mol. The van der Waals surface area contributed by atoms with E-state index in [0.29, 0.717) is 6.08 Å². The molecule has 1 aromatic rings. The summed E-state index contributed by atoms with van der Waals surface area (Å²) in [6, 6.07) is 3.43. The van der Waals surface area contributed by atoms with Gasteiger partial charge in [0.1, 0.15) is 17.3 Å². The Morgan fingerprint density at radius 1 is 1.21 bits per heavy atom. The number of carboxylic acid groups (broad SMARTS) is 1. The highest BCUT2D eigenvalue weighted by Crippen LogP contribution is 2.27. The molecule has 0 amide bonds. The number of hydrogen-bond acceptors (Lipinski definition) is 4. The van der Waals surface area contributed by atoms with Gasteiger partial charge < -0.3 is 20.4 Å². The summed E-state index contributed by atoms with van der Waals surface area (Å²) in [6.45, 7) is 0. The van der Waals surface area contributed by atoms with Gasteiger partial charge in [0.05, 0.1) is 11.6 Å². The SMILES string of the molecule is O=C(O)/C=C(\O)c1ccc(O)cc1O. The highest BCUT2D eigenvalue weighted by Gasteiger charge is 2.07. The van der Waals surface area contributed by atoms with E-state index in [1.165, 1.54) is 12.1 Å². The van der Waals surface area contributed by atoms with Gasteiger partial charge in [-0.2, -0.15) is 0 Å². The third-order valence-electron chi connectivity index (χ3n) is 1.52. The number of benzene rings is 1. The second-order valence-electron chi connectivity index (χ2n) is 2.57. The molecule has 5 nitrogen and oxygen atoms in total. The molecule has 0 bridgehead atoms. The van der Waals surface area contributed by atoms with Gasteiger partial charge in [0.15, 0.2) is 0 Å². The summed E-state index contributed by atoms with van der Waals surface area (Å²) in [7, 11) is 0. The molecule has 0 heterocycles. The number of aromatic hydroxyl groups is 2. The molecule has 1 rings (SSSR count). The van der Waals surface area contributed by atoms with Gasteiger partial charge in [0, 0.05) is 6.07 Å². The third kappa shape index (κ3) is 2.16. The van der Waals surface area contributed by atoms with Crippen molar-refractivity contribution in [2.45, 2.75) is 0 Å². The van der Waals surface area contributed by atoms with Crippen molar-refractivity contribution >= 4 is 11.7 Å². The summed E-state index contributed by atoms with van der Waals surface area (Å²) in [6.07, 6.45) is 0.548. The molecule has 5 heteroatoms. The summed E-state index contributed by atoms with van der Waals surface area (Å²) >= 11 is 0. The zero-order chi connectivity index (χ0) is 10.7. The van der Waals surface area contributed by atoms with Gasteiger partial charge in [-0.1, -0.05) is 0 Å². The average molecular weight is 196 g/mol. The van der Waals surface area contributed by atoms with Gasteiger partial charge in [-0.25, -0.2) is 4.79 Å². The van der Waals surface area contributed by atoms with E-state index in [0.717, 1.165) is 6.07 Å². The summed E-state index contributed by atoms with van der Waals surface area (Å²) in [4.78, 5) is 10.2. The smallest absolute Gasteiger partial charge is 0.332 e. The fraction of sp³-hybridized carbons (Fsp3) is 0. The molecule has 0 saturated carbocycles. The largest absolute Gasteiger partial charge is 0.508 e. The molecule has 0 aliphatic heterocycles. The van der Waals surface area contributed by atoms with E-state index >= 15 is 0 Å². The second-order valence-corrected chi connectivity index (χ2v) is 2.57. The van der Waals surface area contributed by atoms with Crippen LogP contribution >= 0.6 is 0 Å². The van der Waals surface area contributed by atoms with Crippen molar-refractivity contribution in [3.63, 3.8) is 0 Å². The number of aliphatic hydroxyl groups excluding tert-OH is 1. The summed E-state index contributed by atoms with van der Waals surface area (Å²) in [5.74, 6) is -2.46. The van der Waals surface area contributed by atoms with Gasteiger partial charge in [-0.15, -0.1) is 0 Å². The monoisotopic (exact) mass is 196 g/mol. The Morgan fingerprint density at radius 3 is 2.36 bits per heavy atom. The number of aliphatic carboxylic acids is 1. The number of hydrogen-bond donors (Lipinski definition) is 4. The van der Waals surface area contributed by atoms with Gasteiger partial charge in [0.2, 0.25) is 0 Å². The first kappa shape index (κ1) is 9.91. The van der Waals surface area contributed by atoms with Crippen molar-refractivity contribution in [3.8, 4) is 11.5 Å². The molecule has 0 fully saturated rings. The summed E-state index contributed by atoms with van der Waals surface area (Å²) in [5.41, 5.74) is -0.0507. The van der Waals surface area contributed by atoms with E-state index in [-0.39, 0.29) is 17.1 Å². The topological polar surface area (TPSA) is 98.0 Å². The molecule has 4 N–H and O–H groups in total. The van der Waals surface area contributed by atoms with Crippen LogP contribution in [0.5, 0.6) is 11.5 Å². The van der Waals surface area contributed by atoms with Crippen molar-refractivity contribution in [1.82, 2.24) is 0 Å². The minimum atomic E-state index is -1.32. The lowest BCUT2D eigenvalue weighted by Gasteiger charge is -2.02. The van der Waals surface area contributed by atoms with E-state index in [4.69, 9.17) is 10.2 Å².